The lowest BCUT2D eigenvalue weighted by Crippen LogP contribution is -2.36. The first kappa shape index (κ1) is 18.3. The lowest BCUT2D eigenvalue weighted by Gasteiger charge is -2.22. The minimum absolute atomic E-state index is 0.147. The van der Waals surface area contributed by atoms with E-state index >= 15 is 0 Å². The molecule has 1 aromatic heterocycles. The zero-order chi connectivity index (χ0) is 18.7. The summed E-state index contributed by atoms with van der Waals surface area (Å²) in [6.07, 6.45) is 0. The Morgan fingerprint density at radius 2 is 1.92 bits per heavy atom. The van der Waals surface area contributed by atoms with Crippen LogP contribution in [0.5, 0.6) is 0 Å². The van der Waals surface area contributed by atoms with Gasteiger partial charge in [-0.25, -0.2) is 4.98 Å². The van der Waals surface area contributed by atoms with Crippen LogP contribution in [-0.2, 0) is 0 Å². The molecule has 0 atom stereocenters. The number of likely N-dealkylation sites (N-methyl/N-ethyl adjacent to an activating group) is 1. The Labute approximate surface area is 161 Å². The summed E-state index contributed by atoms with van der Waals surface area (Å²) in [7, 11) is 3.92. The fraction of sp³-hybridized carbons (Fsp3) is 0.211. The molecule has 0 bridgehead atoms. The van der Waals surface area contributed by atoms with Crippen LogP contribution in [0, 0.1) is 11.3 Å². The number of benzene rings is 2. The largest absolute Gasteiger partial charge is 0.308 e. The van der Waals surface area contributed by atoms with Crippen LogP contribution in [-0.4, -0.2) is 43.0 Å². The number of nitrogens with zero attached hydrogens (tertiary/aromatic N) is 4. The van der Waals surface area contributed by atoms with Crippen molar-refractivity contribution in [2.24, 2.45) is 0 Å². The van der Waals surface area contributed by atoms with Gasteiger partial charge >= 0.3 is 0 Å². The highest BCUT2D eigenvalue weighted by atomic mass is 35.5. The first-order chi connectivity index (χ1) is 12.5. The molecule has 0 aliphatic rings. The van der Waals surface area contributed by atoms with Crippen molar-refractivity contribution in [3.8, 4) is 6.07 Å². The number of anilines is 1. The van der Waals surface area contributed by atoms with Crippen LogP contribution in [0.25, 0.3) is 10.2 Å². The van der Waals surface area contributed by atoms with Crippen molar-refractivity contribution in [3.63, 3.8) is 0 Å². The number of thiazole rings is 1. The molecule has 0 saturated carbocycles. The zero-order valence-electron chi connectivity index (χ0n) is 14.4. The van der Waals surface area contributed by atoms with E-state index in [-0.39, 0.29) is 5.91 Å². The van der Waals surface area contributed by atoms with Gasteiger partial charge in [-0.15, -0.1) is 0 Å². The van der Waals surface area contributed by atoms with Crippen molar-refractivity contribution in [2.45, 2.75) is 0 Å². The smallest absolute Gasteiger partial charge is 0.260 e. The van der Waals surface area contributed by atoms with Crippen LogP contribution in [0.1, 0.15) is 15.9 Å². The molecule has 5 nitrogen and oxygen atoms in total. The van der Waals surface area contributed by atoms with Crippen LogP contribution in [0.3, 0.4) is 0 Å². The number of aromatic nitrogens is 1. The van der Waals surface area contributed by atoms with Gasteiger partial charge in [0.15, 0.2) is 5.13 Å². The Balaban J connectivity index is 1.98. The molecule has 3 aromatic rings. The van der Waals surface area contributed by atoms with Gasteiger partial charge in [0.05, 0.1) is 21.4 Å². The molecule has 2 aromatic carbocycles. The number of carbonyl (C=O) groups excluding carboxylic acids is 1. The predicted molar refractivity (Wildman–Crippen MR) is 106 cm³/mol. The van der Waals surface area contributed by atoms with E-state index in [2.05, 4.69) is 11.1 Å². The summed E-state index contributed by atoms with van der Waals surface area (Å²) in [6, 6.07) is 14.3. The Morgan fingerprint density at radius 1 is 1.19 bits per heavy atom. The Kier molecular flexibility index (Phi) is 5.52. The molecule has 0 radical (unpaired) electrons. The van der Waals surface area contributed by atoms with Crippen LogP contribution in [0.4, 0.5) is 5.13 Å². The fourth-order valence-electron chi connectivity index (χ4n) is 2.45. The number of para-hydroxylation sites is 1. The molecule has 1 heterocycles. The van der Waals surface area contributed by atoms with E-state index in [9.17, 15) is 4.79 Å². The molecule has 26 heavy (non-hydrogen) atoms. The molecule has 0 fully saturated rings. The van der Waals surface area contributed by atoms with Gasteiger partial charge in [-0.2, -0.15) is 5.26 Å². The van der Waals surface area contributed by atoms with Crippen LogP contribution in [0.15, 0.2) is 42.5 Å². The SMILES string of the molecule is CN(C)CCN(C(=O)c1ccc(C#N)cc1)c1nc2c(Cl)cccc2s1. The zero-order valence-corrected chi connectivity index (χ0v) is 16.0. The number of fused-ring (bicyclic) bond motifs is 1. The minimum Gasteiger partial charge on any atom is -0.308 e. The first-order valence-electron chi connectivity index (χ1n) is 8.01. The van der Waals surface area contributed by atoms with Crippen molar-refractivity contribution in [1.82, 2.24) is 9.88 Å². The van der Waals surface area contributed by atoms with Crippen LogP contribution < -0.4 is 4.90 Å². The number of nitriles is 1. The van der Waals surface area contributed by atoms with Gasteiger partial charge < -0.3 is 4.90 Å². The number of carbonyl (C=O) groups is 1. The molecule has 0 saturated heterocycles. The maximum atomic E-state index is 13.1. The number of hydrogen-bond acceptors (Lipinski definition) is 5. The summed E-state index contributed by atoms with van der Waals surface area (Å²) in [6.45, 7) is 1.20. The lowest BCUT2D eigenvalue weighted by molar-refractivity contribution is 0.0985. The van der Waals surface area contributed by atoms with Crippen molar-refractivity contribution >= 4 is 44.2 Å². The molecule has 0 aliphatic carbocycles. The number of rotatable bonds is 5. The van der Waals surface area contributed by atoms with Gasteiger partial charge in [0.2, 0.25) is 0 Å². The average molecular weight is 385 g/mol. The highest BCUT2D eigenvalue weighted by molar-refractivity contribution is 7.22. The summed E-state index contributed by atoms with van der Waals surface area (Å²) >= 11 is 7.67. The molecule has 0 spiro atoms. The third-order valence-electron chi connectivity index (χ3n) is 3.87. The van der Waals surface area contributed by atoms with Gasteiger partial charge in [-0.1, -0.05) is 29.0 Å². The van der Waals surface area contributed by atoms with E-state index in [1.807, 2.05) is 31.1 Å². The standard InChI is InChI=1S/C19H17ClN4OS/c1-23(2)10-11-24(18(25)14-8-6-13(12-21)7-9-14)19-22-17-15(20)4-3-5-16(17)26-19/h3-9H,10-11H2,1-2H3. The van der Waals surface area contributed by atoms with E-state index < -0.39 is 0 Å². The fourth-order valence-corrected chi connectivity index (χ4v) is 3.74. The van der Waals surface area contributed by atoms with Crippen molar-refractivity contribution in [3.05, 3.63) is 58.6 Å². The minimum atomic E-state index is -0.147. The second kappa shape index (κ2) is 7.83. The van der Waals surface area contributed by atoms with E-state index in [1.54, 1.807) is 35.2 Å². The molecule has 132 valence electrons. The Bertz CT molecular complexity index is 975. The van der Waals surface area contributed by atoms with Crippen molar-refractivity contribution in [2.75, 3.05) is 32.1 Å². The van der Waals surface area contributed by atoms with E-state index in [1.165, 1.54) is 11.3 Å². The topological polar surface area (TPSA) is 60.2 Å². The molecular formula is C19H17ClN4OS. The van der Waals surface area contributed by atoms with E-state index in [4.69, 9.17) is 16.9 Å². The number of halogens is 1. The summed E-state index contributed by atoms with van der Waals surface area (Å²) in [4.78, 5) is 21.4. The quantitative estimate of drug-likeness (QED) is 0.666. The summed E-state index contributed by atoms with van der Waals surface area (Å²) in [5, 5.41) is 10.1. The van der Waals surface area contributed by atoms with Crippen LogP contribution in [0.2, 0.25) is 5.02 Å². The third kappa shape index (κ3) is 3.86. The first-order valence-corrected chi connectivity index (χ1v) is 9.21. The number of amides is 1. The van der Waals surface area contributed by atoms with Crippen molar-refractivity contribution < 1.29 is 4.79 Å². The van der Waals surface area contributed by atoms with E-state index in [0.29, 0.717) is 39.9 Å². The lowest BCUT2D eigenvalue weighted by atomic mass is 10.1. The molecule has 0 aliphatic heterocycles. The summed E-state index contributed by atoms with van der Waals surface area (Å²) in [5.74, 6) is -0.147. The Hall–Kier alpha value is -2.46. The van der Waals surface area contributed by atoms with E-state index in [0.717, 1.165) is 4.70 Å². The summed E-state index contributed by atoms with van der Waals surface area (Å²) in [5.41, 5.74) is 1.75. The second-order valence-corrected chi connectivity index (χ2v) is 7.45. The Morgan fingerprint density at radius 3 is 2.54 bits per heavy atom. The molecule has 0 unspecified atom stereocenters. The molecule has 1 amide bonds. The monoisotopic (exact) mass is 384 g/mol. The second-order valence-electron chi connectivity index (χ2n) is 6.03. The molecule has 0 N–H and O–H groups in total. The van der Waals surface area contributed by atoms with Gasteiger partial charge in [0, 0.05) is 18.7 Å². The summed E-state index contributed by atoms with van der Waals surface area (Å²) < 4.78 is 0.940. The van der Waals surface area contributed by atoms with Gasteiger partial charge in [0.1, 0.15) is 5.52 Å². The van der Waals surface area contributed by atoms with Gasteiger partial charge in [-0.05, 0) is 50.5 Å². The maximum Gasteiger partial charge on any atom is 0.260 e. The highest BCUT2D eigenvalue weighted by Gasteiger charge is 2.22. The predicted octanol–water partition coefficient (Wildman–Crippen LogP) is 4.03. The highest BCUT2D eigenvalue weighted by Crippen LogP contribution is 2.33. The van der Waals surface area contributed by atoms with Gasteiger partial charge in [-0.3, -0.25) is 9.69 Å². The van der Waals surface area contributed by atoms with Gasteiger partial charge in [0.25, 0.3) is 5.91 Å². The molecule has 7 heteroatoms. The molecular weight excluding hydrogens is 368 g/mol. The van der Waals surface area contributed by atoms with Crippen molar-refractivity contribution in [1.29, 1.82) is 5.26 Å². The number of hydrogen-bond donors (Lipinski definition) is 0. The normalized spacial score (nSPS) is 10.9. The maximum absolute atomic E-state index is 13.1. The third-order valence-corrected chi connectivity index (χ3v) is 5.21. The molecule has 3 rings (SSSR count). The average Bonchev–Trinajstić information content (AvgIpc) is 3.07. The van der Waals surface area contributed by atoms with Crippen LogP contribution >= 0.6 is 22.9 Å².